The van der Waals surface area contributed by atoms with Crippen LogP contribution in [0.15, 0.2) is 78.9 Å². The fourth-order valence-electron chi connectivity index (χ4n) is 12.6. The summed E-state index contributed by atoms with van der Waals surface area (Å²) in [6, 6.07) is 8.97. The lowest BCUT2D eigenvalue weighted by molar-refractivity contribution is -0.142. The molecule has 4 aromatic carbocycles. The number of phenolic OH excluding ortho intramolecular Hbond substituents is 3. The van der Waals surface area contributed by atoms with Gasteiger partial charge in [-0.2, -0.15) is 0 Å². The fourth-order valence-corrected chi connectivity index (χ4v) is 15.9. The number of aromatic hydroxyl groups is 3. The molecule has 0 aromatic heterocycles. The van der Waals surface area contributed by atoms with Gasteiger partial charge in [-0.3, -0.25) is 47.9 Å². The molecular formula is C65H78N10O17S2. The van der Waals surface area contributed by atoms with Crippen LogP contribution in [0.2, 0.25) is 0 Å². The second-order valence-electron chi connectivity index (χ2n) is 24.5. The number of aliphatic hydroxyl groups excluding tert-OH is 1. The molecule has 2 spiro atoms. The number of fused-ring (bicyclic) bond motifs is 6. The van der Waals surface area contributed by atoms with E-state index in [0.29, 0.717) is 47.9 Å². The highest BCUT2D eigenvalue weighted by molar-refractivity contribution is 8.77. The predicted molar refractivity (Wildman–Crippen MR) is 342 cm³/mol. The van der Waals surface area contributed by atoms with E-state index >= 15 is 4.79 Å². The van der Waals surface area contributed by atoms with Crippen LogP contribution in [0.1, 0.15) is 141 Å². The number of carbonyl (C=O) groups is 11. The van der Waals surface area contributed by atoms with Crippen LogP contribution in [0.4, 0.5) is 0 Å². The number of ether oxygens (including phenoxy) is 2. The number of amides is 10. The molecule has 502 valence electrons. The number of phenols is 3. The molecule has 0 bridgehead atoms. The molecule has 4 aromatic rings. The summed E-state index contributed by atoms with van der Waals surface area (Å²) in [6.45, 7) is 4.61. The van der Waals surface area contributed by atoms with Gasteiger partial charge >= 0.3 is 5.97 Å². The van der Waals surface area contributed by atoms with Crippen molar-refractivity contribution in [3.8, 4) is 28.7 Å². The van der Waals surface area contributed by atoms with Crippen molar-refractivity contribution in [1.82, 2.24) is 42.1 Å². The van der Waals surface area contributed by atoms with Gasteiger partial charge in [-0.05, 0) is 105 Å². The molecule has 4 aliphatic heterocycles. The molecule has 0 unspecified atom stereocenters. The minimum atomic E-state index is -1.79. The van der Waals surface area contributed by atoms with Crippen LogP contribution in [-0.4, -0.2) is 162 Å². The first kappa shape index (κ1) is 69.3. The summed E-state index contributed by atoms with van der Waals surface area (Å²) in [5, 5.41) is 60.1. The quantitative estimate of drug-likeness (QED) is 0.0435. The number of hydrogen-bond donors (Lipinski definition) is 13. The van der Waals surface area contributed by atoms with E-state index in [1.54, 1.807) is 44.2 Å². The molecule has 4 heterocycles. The van der Waals surface area contributed by atoms with Crippen LogP contribution in [0.5, 0.6) is 28.7 Å². The number of hydrogen-bond acceptors (Lipinski definition) is 19. The Morgan fingerprint density at radius 2 is 1.36 bits per heavy atom. The minimum Gasteiger partial charge on any atom is -0.508 e. The highest BCUT2D eigenvalue weighted by Gasteiger charge is 2.54. The molecule has 0 radical (unpaired) electrons. The maximum Gasteiger partial charge on any atom is 0.340 e. The number of carbonyl (C=O) groups excluding carboxylic acids is 11. The van der Waals surface area contributed by atoms with Crippen LogP contribution >= 0.6 is 21.6 Å². The summed E-state index contributed by atoms with van der Waals surface area (Å²) in [6.07, 6.45) is 1.64. The van der Waals surface area contributed by atoms with E-state index in [9.17, 15) is 68.4 Å². The zero-order chi connectivity index (χ0) is 67.8. The Bertz CT molecular complexity index is 3550. The van der Waals surface area contributed by atoms with Crippen molar-refractivity contribution in [2.24, 2.45) is 17.4 Å². The van der Waals surface area contributed by atoms with Gasteiger partial charge in [0.15, 0.2) is 5.60 Å². The third-order valence-electron chi connectivity index (χ3n) is 17.7. The van der Waals surface area contributed by atoms with Crippen LogP contribution < -0.4 is 53.4 Å². The second-order valence-corrected chi connectivity index (χ2v) is 27.3. The average molecular weight is 1340 g/mol. The summed E-state index contributed by atoms with van der Waals surface area (Å²) < 4.78 is 11.4. The van der Waals surface area contributed by atoms with E-state index < -0.39 is 136 Å². The van der Waals surface area contributed by atoms with Crippen molar-refractivity contribution in [3.63, 3.8) is 0 Å². The largest absolute Gasteiger partial charge is 0.508 e. The van der Waals surface area contributed by atoms with Crippen molar-refractivity contribution < 1.29 is 82.6 Å². The van der Waals surface area contributed by atoms with E-state index in [0.717, 1.165) is 30.1 Å². The van der Waals surface area contributed by atoms with E-state index in [4.69, 9.17) is 20.9 Å². The Morgan fingerprint density at radius 3 is 2.00 bits per heavy atom. The summed E-state index contributed by atoms with van der Waals surface area (Å²) in [5.74, 6) is -9.86. The summed E-state index contributed by atoms with van der Waals surface area (Å²) in [7, 11) is 2.48. The molecule has 94 heavy (non-hydrogen) atoms. The third kappa shape index (κ3) is 15.8. The van der Waals surface area contributed by atoms with Gasteiger partial charge < -0.3 is 83.5 Å². The number of nitrogens with two attached hydrogens (primary N) is 2. The topological polar surface area (TPSA) is 427 Å². The van der Waals surface area contributed by atoms with Crippen molar-refractivity contribution in [1.29, 1.82) is 0 Å². The summed E-state index contributed by atoms with van der Waals surface area (Å²) in [4.78, 5) is 155. The minimum absolute atomic E-state index is 0.0116. The number of esters is 1. The first-order chi connectivity index (χ1) is 44.8. The molecule has 3 fully saturated rings. The van der Waals surface area contributed by atoms with Crippen LogP contribution in [0, 0.1) is 5.92 Å². The second kappa shape index (κ2) is 29.9. The standard InChI is InChI=1S/C65H78N10O17S2/c1-4-33(2)53-60(87)74-54(34(3)76)61(88)71-46(30-51(66)80)57(84)72-47(32-93-94-64(22-6-5-7-23-64)31-52(81)69-45(58(85)73-53)26-35-12-15-37(77)16-13-35)62(89)75-25-9-11-48(75)59(86)70-44(55(67)82)10-8-24-68-56(83)36-14-19-41-40(27-36)63(90)92-65(41)42-20-17-38(78)28-49(42)91-50-29-39(79)18-21-43(50)65/h12-21,27-29,33-34,44-48,53-54,76-79H,4-11,22-26,30-32H2,1-3H3,(H2,66,80)(H2,67,82)(H,68,83)(H,69,81)(H,70,86)(H,71,88)(H,72,84)(H,73,85)(H,74,87)/t33-,34+,44-,45+,46-,47-,48-,53-,54-/m0/s1. The van der Waals surface area contributed by atoms with Gasteiger partial charge in [0.2, 0.25) is 53.2 Å². The molecule has 2 saturated heterocycles. The molecule has 5 aliphatic rings. The van der Waals surface area contributed by atoms with Gasteiger partial charge in [0.05, 0.1) is 18.1 Å². The normalized spacial score (nSPS) is 23.2. The number of primary amides is 2. The molecule has 29 heteroatoms. The lowest BCUT2D eigenvalue weighted by Crippen LogP contribution is -2.63. The van der Waals surface area contributed by atoms with E-state index in [-0.39, 0.29) is 90.8 Å². The van der Waals surface area contributed by atoms with Crippen molar-refractivity contribution >= 4 is 86.6 Å². The van der Waals surface area contributed by atoms with Crippen molar-refractivity contribution in [2.45, 2.75) is 163 Å². The summed E-state index contributed by atoms with van der Waals surface area (Å²) >= 11 is 0. The first-order valence-electron chi connectivity index (χ1n) is 31.3. The van der Waals surface area contributed by atoms with E-state index in [1.165, 1.54) is 71.1 Å². The number of rotatable bonds is 16. The molecule has 1 saturated carbocycles. The first-order valence-corrected chi connectivity index (χ1v) is 33.6. The number of nitrogens with zero attached hydrogens (tertiary/aromatic N) is 1. The van der Waals surface area contributed by atoms with Gasteiger partial charge in [0, 0.05) is 70.8 Å². The molecule has 27 nitrogen and oxygen atoms in total. The van der Waals surface area contributed by atoms with Crippen LogP contribution in [-0.2, 0) is 59.9 Å². The highest BCUT2D eigenvalue weighted by Crippen LogP contribution is 2.57. The molecule has 1 aliphatic carbocycles. The number of benzene rings is 4. The smallest absolute Gasteiger partial charge is 0.340 e. The van der Waals surface area contributed by atoms with Crippen molar-refractivity contribution in [3.05, 3.63) is 112 Å². The molecule has 9 atom stereocenters. The number of nitrogens with one attached hydrogen (secondary N) is 7. The maximum absolute atomic E-state index is 15.0. The molecule has 10 amide bonds. The van der Waals surface area contributed by atoms with Crippen LogP contribution in [0.25, 0.3) is 0 Å². The SMILES string of the molecule is CC[C@H](C)[C@@H]1NC(=O)[C@@H](Cc2ccc(O)cc2)NC(=O)CC2(CCCCC2)SSC[C@@H](C(=O)N2CCC[C@H]2C(=O)N[C@@H](CCCNC(=O)c2ccc3c(c2)C(=O)OC32c3ccc(O)cc3Oc3cc(O)ccc32)C(N)=O)NC(=O)[C@H](CC(N)=O)NC(=O)[C@H]([C@@H](C)O)NC1=O. The maximum atomic E-state index is 15.0. The zero-order valence-corrected chi connectivity index (χ0v) is 53.7. The monoisotopic (exact) mass is 1330 g/mol. The Hall–Kier alpha value is -9.09. The van der Waals surface area contributed by atoms with Crippen molar-refractivity contribution in [2.75, 3.05) is 18.8 Å². The summed E-state index contributed by atoms with van der Waals surface area (Å²) in [5.41, 5.74) is 11.8. The molecule has 15 N–H and O–H groups in total. The lowest BCUT2D eigenvalue weighted by Gasteiger charge is -2.37. The third-order valence-corrected chi connectivity index (χ3v) is 21.1. The van der Waals surface area contributed by atoms with Gasteiger partial charge in [0.1, 0.15) is 71.0 Å². The predicted octanol–water partition coefficient (Wildman–Crippen LogP) is 2.30. The molecule has 9 rings (SSSR count). The Labute approximate surface area is 549 Å². The Kier molecular flexibility index (Phi) is 22.0. The van der Waals surface area contributed by atoms with Gasteiger partial charge in [-0.25, -0.2) is 4.79 Å². The van der Waals surface area contributed by atoms with E-state index in [2.05, 4.69) is 37.2 Å². The lowest BCUT2D eigenvalue weighted by atomic mass is 9.77. The zero-order valence-electron chi connectivity index (χ0n) is 52.0. The van der Waals surface area contributed by atoms with Gasteiger partial charge in [-0.1, -0.05) is 79.3 Å². The average Bonchev–Trinajstić information content (AvgIpc) is 1.47. The fraction of sp³-hybridized carbons (Fsp3) is 0.462. The Balaban J connectivity index is 0.905. The Morgan fingerprint density at radius 1 is 0.734 bits per heavy atom. The van der Waals surface area contributed by atoms with Crippen LogP contribution in [0.3, 0.4) is 0 Å². The highest BCUT2D eigenvalue weighted by atomic mass is 33.1. The van der Waals surface area contributed by atoms with Gasteiger partial charge in [-0.15, -0.1) is 0 Å². The number of likely N-dealkylation sites (tertiary alicyclic amines) is 1. The van der Waals surface area contributed by atoms with Gasteiger partial charge in [0.25, 0.3) is 5.91 Å². The molecular weight excluding hydrogens is 1260 g/mol. The number of aliphatic hydroxyl groups is 1. The van der Waals surface area contributed by atoms with E-state index in [1.807, 2.05) is 0 Å².